The summed E-state index contributed by atoms with van der Waals surface area (Å²) in [6.07, 6.45) is 7.30. The molecule has 1 aromatic heterocycles. The normalized spacial score (nSPS) is 17.1. The van der Waals surface area contributed by atoms with Crippen molar-refractivity contribution in [2.24, 2.45) is 0 Å². The summed E-state index contributed by atoms with van der Waals surface area (Å²) in [6.45, 7) is 0.674. The number of aromatic nitrogens is 1. The van der Waals surface area contributed by atoms with Crippen molar-refractivity contribution < 1.29 is 9.59 Å². The summed E-state index contributed by atoms with van der Waals surface area (Å²) in [5, 5.41) is 6.26. The van der Waals surface area contributed by atoms with Gasteiger partial charge < -0.3 is 10.6 Å². The van der Waals surface area contributed by atoms with E-state index in [-0.39, 0.29) is 11.8 Å². The summed E-state index contributed by atoms with van der Waals surface area (Å²) < 4.78 is 0. The van der Waals surface area contributed by atoms with Crippen LogP contribution in [0, 0.1) is 0 Å². The molecule has 134 valence electrons. The summed E-state index contributed by atoms with van der Waals surface area (Å²) >= 11 is 1.50. The van der Waals surface area contributed by atoms with Gasteiger partial charge in [0.15, 0.2) is 0 Å². The maximum atomic E-state index is 12.6. The van der Waals surface area contributed by atoms with E-state index in [2.05, 4.69) is 15.6 Å². The third-order valence-corrected chi connectivity index (χ3v) is 4.99. The lowest BCUT2D eigenvalue weighted by Crippen LogP contribution is -2.50. The fourth-order valence-corrected chi connectivity index (χ4v) is 3.50. The lowest BCUT2D eigenvalue weighted by atomic mass is 10.1. The van der Waals surface area contributed by atoms with Gasteiger partial charge in [0.05, 0.1) is 5.56 Å². The second kappa shape index (κ2) is 9.20. The molecule has 1 aliphatic rings. The number of benzene rings is 1. The van der Waals surface area contributed by atoms with Gasteiger partial charge in [-0.1, -0.05) is 42.5 Å². The number of nitrogens with zero attached hydrogens (tertiary/aromatic N) is 1. The first-order chi connectivity index (χ1) is 12.7. The minimum atomic E-state index is -0.465. The van der Waals surface area contributed by atoms with Crippen molar-refractivity contribution in [2.45, 2.75) is 23.9 Å². The Balaban J connectivity index is 1.61. The number of thioether (sulfide) groups is 1. The van der Waals surface area contributed by atoms with Crippen LogP contribution in [0.4, 0.5) is 0 Å². The van der Waals surface area contributed by atoms with Gasteiger partial charge in [0.1, 0.15) is 11.1 Å². The molecule has 6 heteroatoms. The van der Waals surface area contributed by atoms with E-state index in [0.717, 1.165) is 12.0 Å². The molecule has 2 N–H and O–H groups in total. The van der Waals surface area contributed by atoms with Gasteiger partial charge in [-0.25, -0.2) is 4.98 Å². The number of nitrogens with one attached hydrogen (secondary N) is 2. The van der Waals surface area contributed by atoms with Gasteiger partial charge in [-0.2, -0.15) is 0 Å². The molecule has 2 heterocycles. The van der Waals surface area contributed by atoms with Gasteiger partial charge in [-0.05, 0) is 30.5 Å². The number of carbonyl (C=O) groups is 2. The molecule has 1 aliphatic heterocycles. The first-order valence-corrected chi connectivity index (χ1v) is 9.60. The van der Waals surface area contributed by atoms with E-state index in [1.807, 2.05) is 42.5 Å². The quantitative estimate of drug-likeness (QED) is 0.770. The summed E-state index contributed by atoms with van der Waals surface area (Å²) in [5.74, 6) is 0.332. The lowest BCUT2D eigenvalue weighted by Gasteiger charge is -2.23. The van der Waals surface area contributed by atoms with Crippen LogP contribution in [0.2, 0.25) is 0 Å². The van der Waals surface area contributed by atoms with Gasteiger partial charge in [0, 0.05) is 18.5 Å². The molecule has 1 fully saturated rings. The zero-order chi connectivity index (χ0) is 18.2. The van der Waals surface area contributed by atoms with Crippen LogP contribution in [-0.4, -0.2) is 35.1 Å². The van der Waals surface area contributed by atoms with Crippen LogP contribution in [0.15, 0.2) is 59.8 Å². The van der Waals surface area contributed by atoms with Gasteiger partial charge in [0.25, 0.3) is 5.91 Å². The highest BCUT2D eigenvalue weighted by Crippen LogP contribution is 2.21. The van der Waals surface area contributed by atoms with Crippen molar-refractivity contribution >= 4 is 29.7 Å². The number of carbonyl (C=O) groups excluding carboxylic acids is 2. The highest BCUT2D eigenvalue weighted by molar-refractivity contribution is 7.99. The highest BCUT2D eigenvalue weighted by atomic mass is 32.2. The molecule has 1 atom stereocenters. The third-order valence-electron chi connectivity index (χ3n) is 4.03. The predicted octanol–water partition coefficient (Wildman–Crippen LogP) is 2.90. The minimum Gasteiger partial charge on any atom is -0.354 e. The number of rotatable bonds is 6. The maximum absolute atomic E-state index is 12.6. The topological polar surface area (TPSA) is 71.1 Å². The summed E-state index contributed by atoms with van der Waals surface area (Å²) in [7, 11) is 0. The Morgan fingerprint density at radius 1 is 1.27 bits per heavy atom. The lowest BCUT2D eigenvalue weighted by molar-refractivity contribution is -0.124. The average molecular weight is 367 g/mol. The van der Waals surface area contributed by atoms with E-state index < -0.39 is 6.04 Å². The van der Waals surface area contributed by atoms with Crippen LogP contribution in [0.3, 0.4) is 0 Å². The molecule has 1 aromatic carbocycles. The van der Waals surface area contributed by atoms with Crippen LogP contribution in [0.25, 0.3) is 6.08 Å². The molecule has 0 radical (unpaired) electrons. The Kier molecular flexibility index (Phi) is 6.44. The Morgan fingerprint density at radius 3 is 2.92 bits per heavy atom. The molecule has 1 saturated heterocycles. The van der Waals surface area contributed by atoms with Gasteiger partial charge in [0.2, 0.25) is 5.91 Å². The molecule has 0 bridgehead atoms. The van der Waals surface area contributed by atoms with E-state index in [4.69, 9.17) is 0 Å². The molecule has 0 saturated carbocycles. The van der Waals surface area contributed by atoms with Crippen LogP contribution in [-0.2, 0) is 4.79 Å². The standard InChI is InChI=1S/C20H21N3O2S/c24-18(23-17-11-5-12-21-19(17)25)16-10-4-13-22-20(16)26-14-6-9-15-7-2-1-3-8-15/h1-4,6-10,13,17H,5,11-12,14H2,(H,21,25)(H,23,24)/b9-6+. The smallest absolute Gasteiger partial charge is 0.254 e. The van der Waals surface area contributed by atoms with Gasteiger partial charge in [-0.3, -0.25) is 9.59 Å². The molecule has 5 nitrogen and oxygen atoms in total. The van der Waals surface area contributed by atoms with Crippen molar-refractivity contribution in [3.05, 3.63) is 65.9 Å². The number of piperidine rings is 1. The molecule has 0 spiro atoms. The van der Waals surface area contributed by atoms with E-state index >= 15 is 0 Å². The van der Waals surface area contributed by atoms with Crippen molar-refractivity contribution in [2.75, 3.05) is 12.3 Å². The second-order valence-corrected chi connectivity index (χ2v) is 6.95. The molecule has 0 aliphatic carbocycles. The molecule has 2 aromatic rings. The van der Waals surface area contributed by atoms with Gasteiger partial charge >= 0.3 is 0 Å². The van der Waals surface area contributed by atoms with E-state index in [1.54, 1.807) is 18.3 Å². The van der Waals surface area contributed by atoms with Crippen molar-refractivity contribution in [3.8, 4) is 0 Å². The van der Waals surface area contributed by atoms with E-state index in [0.29, 0.717) is 29.3 Å². The van der Waals surface area contributed by atoms with Gasteiger partial charge in [-0.15, -0.1) is 11.8 Å². The molecular weight excluding hydrogens is 346 g/mol. The number of pyridine rings is 1. The maximum Gasteiger partial charge on any atom is 0.254 e. The molecule has 1 unspecified atom stereocenters. The van der Waals surface area contributed by atoms with Crippen LogP contribution in [0.1, 0.15) is 28.8 Å². The fourth-order valence-electron chi connectivity index (χ4n) is 2.70. The minimum absolute atomic E-state index is 0.117. The summed E-state index contributed by atoms with van der Waals surface area (Å²) in [5.41, 5.74) is 1.64. The molecule has 26 heavy (non-hydrogen) atoms. The summed E-state index contributed by atoms with van der Waals surface area (Å²) in [6, 6.07) is 13.1. The van der Waals surface area contributed by atoms with Crippen molar-refractivity contribution in [1.29, 1.82) is 0 Å². The largest absolute Gasteiger partial charge is 0.354 e. The average Bonchev–Trinajstić information content (AvgIpc) is 2.68. The third kappa shape index (κ3) is 4.95. The number of hydrogen-bond acceptors (Lipinski definition) is 4. The Hall–Kier alpha value is -2.60. The summed E-state index contributed by atoms with van der Waals surface area (Å²) in [4.78, 5) is 28.7. The fraction of sp³-hybridized carbons (Fsp3) is 0.250. The van der Waals surface area contributed by atoms with Crippen molar-refractivity contribution in [1.82, 2.24) is 15.6 Å². The first-order valence-electron chi connectivity index (χ1n) is 8.62. The van der Waals surface area contributed by atoms with E-state index in [9.17, 15) is 9.59 Å². The second-order valence-electron chi connectivity index (χ2n) is 5.94. The highest BCUT2D eigenvalue weighted by Gasteiger charge is 2.25. The zero-order valence-corrected chi connectivity index (χ0v) is 15.2. The molecule has 2 amide bonds. The zero-order valence-electron chi connectivity index (χ0n) is 14.4. The Labute approximate surface area is 157 Å². The first kappa shape index (κ1) is 18.2. The van der Waals surface area contributed by atoms with Crippen LogP contribution in [0.5, 0.6) is 0 Å². The van der Waals surface area contributed by atoms with E-state index in [1.165, 1.54) is 11.8 Å². The predicted molar refractivity (Wildman–Crippen MR) is 104 cm³/mol. The SMILES string of the molecule is O=C(NC1CCCNC1=O)c1cccnc1SC/C=C/c1ccccc1. The molecular formula is C20H21N3O2S. The van der Waals surface area contributed by atoms with Crippen LogP contribution < -0.4 is 10.6 Å². The Morgan fingerprint density at radius 2 is 2.12 bits per heavy atom. The van der Waals surface area contributed by atoms with Crippen molar-refractivity contribution in [3.63, 3.8) is 0 Å². The molecule has 3 rings (SSSR count). The van der Waals surface area contributed by atoms with Crippen LogP contribution >= 0.6 is 11.8 Å². The number of hydrogen-bond donors (Lipinski definition) is 2. The monoisotopic (exact) mass is 367 g/mol. The number of amides is 2. The Bertz CT molecular complexity index is 793.